The van der Waals surface area contributed by atoms with Crippen molar-refractivity contribution in [2.75, 3.05) is 68.8 Å². The van der Waals surface area contributed by atoms with E-state index in [1.54, 1.807) is 17.9 Å². The molecule has 2 bridgehead atoms. The molecule has 73 heavy (non-hydrogen) atoms. The highest BCUT2D eigenvalue weighted by Crippen LogP contribution is 2.54. The molecule has 13 rings (SSSR count). The molecule has 2 unspecified atom stereocenters. The van der Waals surface area contributed by atoms with E-state index in [2.05, 4.69) is 41.3 Å². The lowest BCUT2D eigenvalue weighted by Gasteiger charge is -2.56. The molecule has 8 heterocycles. The van der Waals surface area contributed by atoms with Gasteiger partial charge in [-0.3, -0.25) is 24.7 Å². The molecule has 18 heteroatoms. The number of phenols is 1. The van der Waals surface area contributed by atoms with Crippen molar-refractivity contribution in [3.8, 4) is 35.4 Å². The lowest BCUT2D eigenvalue weighted by molar-refractivity contribution is -0.120. The first kappa shape index (κ1) is 46.3. The maximum atomic E-state index is 17.2. The van der Waals surface area contributed by atoms with Crippen LogP contribution in [0, 0.1) is 40.6 Å². The van der Waals surface area contributed by atoms with Crippen LogP contribution in [0.5, 0.6) is 11.8 Å². The molecule has 3 N–H and O–H groups in total. The number of imide groups is 1. The standard InChI is InChI=1S/C55H58F3N11O4/c1-3-37-42(56)7-4-32-20-36(70)21-40(46(32)37)48-47(58)49-41(26-59-48)50(68-27-33-5-6-34(28-68)60-33)63-52(62-49)73-30-55(11-12-55)29-66-18-13-54(14-19-66)24-35(25-54)67-15-8-31(9-16-67)38-23-44-39(22-43(38)57)51(64-65(44)2)69-17-10-45(71)61-53(69)72/h1,4,7,20-23,26,31,33-35,60,70H,5-6,8-19,24-25,27-30H2,2H3,(H,61,71,72). The number of benzene rings is 3. The molecule has 3 amide bonds. The number of rotatable bonds is 10. The van der Waals surface area contributed by atoms with E-state index in [0.717, 1.165) is 89.6 Å². The summed E-state index contributed by atoms with van der Waals surface area (Å²) in [5, 5.41) is 23.0. The number of ether oxygens (including phenoxy) is 1. The Labute approximate surface area is 420 Å². The molecule has 2 atom stereocenters. The number of hydrogen-bond donors (Lipinski definition) is 3. The number of aromatic nitrogens is 5. The number of nitrogens with one attached hydrogen (secondary N) is 2. The van der Waals surface area contributed by atoms with Crippen LogP contribution < -0.4 is 25.2 Å². The third-order valence-corrected chi connectivity index (χ3v) is 17.6. The van der Waals surface area contributed by atoms with E-state index in [9.17, 15) is 14.7 Å². The Bertz CT molecular complexity index is 3280. The summed E-state index contributed by atoms with van der Waals surface area (Å²) < 4.78 is 56.3. The molecule has 1 spiro atoms. The van der Waals surface area contributed by atoms with Crippen molar-refractivity contribution >= 4 is 56.2 Å². The highest BCUT2D eigenvalue weighted by molar-refractivity contribution is 6.09. The van der Waals surface area contributed by atoms with Gasteiger partial charge in [-0.25, -0.2) is 18.0 Å². The lowest BCUT2D eigenvalue weighted by atomic mass is 9.59. The Hall–Kier alpha value is -6.55. The van der Waals surface area contributed by atoms with Crippen LogP contribution >= 0.6 is 0 Å². The number of terminal acetylenes is 1. The van der Waals surface area contributed by atoms with Crippen LogP contribution in [-0.2, 0) is 11.8 Å². The number of nitrogens with zero attached hydrogens (tertiary/aromatic N) is 9. The summed E-state index contributed by atoms with van der Waals surface area (Å²) in [6.07, 6.45) is 18.1. The molecule has 0 radical (unpaired) electrons. The zero-order valence-corrected chi connectivity index (χ0v) is 40.9. The van der Waals surface area contributed by atoms with Gasteiger partial charge in [0, 0.05) is 85.7 Å². The number of likely N-dealkylation sites (tertiary alicyclic amines) is 2. The first-order valence-electron chi connectivity index (χ1n) is 26.0. The predicted molar refractivity (Wildman–Crippen MR) is 270 cm³/mol. The Balaban J connectivity index is 0.655. The first-order chi connectivity index (χ1) is 35.3. The van der Waals surface area contributed by atoms with E-state index >= 15 is 13.2 Å². The van der Waals surface area contributed by atoms with Crippen LogP contribution in [-0.4, -0.2) is 129 Å². The second-order valence-corrected chi connectivity index (χ2v) is 22.2. The fraction of sp³-hybridized carbons (Fsp3) is 0.491. The number of aryl methyl sites for hydroxylation is 1. The van der Waals surface area contributed by atoms with Crippen molar-refractivity contribution < 1.29 is 32.6 Å². The third-order valence-electron chi connectivity index (χ3n) is 17.6. The van der Waals surface area contributed by atoms with Gasteiger partial charge in [0.05, 0.1) is 23.1 Å². The van der Waals surface area contributed by atoms with Gasteiger partial charge < -0.3 is 29.9 Å². The molecule has 378 valence electrons. The van der Waals surface area contributed by atoms with Crippen molar-refractivity contribution in [2.24, 2.45) is 17.9 Å². The molecule has 7 aliphatic rings. The Morgan fingerprint density at radius 3 is 2.38 bits per heavy atom. The summed E-state index contributed by atoms with van der Waals surface area (Å²) in [5.74, 6) is 1.36. The number of aromatic hydroxyl groups is 1. The summed E-state index contributed by atoms with van der Waals surface area (Å²) in [4.78, 5) is 47.4. The highest BCUT2D eigenvalue weighted by Gasteiger charge is 2.51. The van der Waals surface area contributed by atoms with Crippen molar-refractivity contribution in [2.45, 2.75) is 94.7 Å². The van der Waals surface area contributed by atoms with Crippen molar-refractivity contribution in [1.82, 2.24) is 45.2 Å². The second-order valence-electron chi connectivity index (χ2n) is 22.2. The van der Waals surface area contributed by atoms with Crippen LogP contribution in [0.25, 0.3) is 43.8 Å². The van der Waals surface area contributed by atoms with Gasteiger partial charge in [0.15, 0.2) is 11.6 Å². The number of fused-ring (bicyclic) bond motifs is 5. The van der Waals surface area contributed by atoms with Crippen molar-refractivity contribution in [1.29, 1.82) is 0 Å². The Morgan fingerprint density at radius 2 is 1.66 bits per heavy atom. The van der Waals surface area contributed by atoms with Crippen LogP contribution in [0.15, 0.2) is 42.6 Å². The second kappa shape index (κ2) is 17.6. The number of piperidine rings is 2. The molecule has 2 aliphatic carbocycles. The maximum absolute atomic E-state index is 17.2. The SMILES string of the molecule is C#Cc1c(F)ccc2cc(O)cc(-c3ncc4c(N5CC6CCC(C5)N6)nc(OCC5(CN6CCC7(CC6)CC(N6CCC(c8cc9c(cc8F)c(N8CCC(=O)NC8=O)nn9C)CC6)C7)CC5)nc4c3F)c12. The fourth-order valence-corrected chi connectivity index (χ4v) is 13.4. The minimum atomic E-state index is -0.730. The van der Waals surface area contributed by atoms with E-state index < -0.39 is 17.7 Å². The summed E-state index contributed by atoms with van der Waals surface area (Å²) >= 11 is 0. The van der Waals surface area contributed by atoms with Crippen molar-refractivity contribution in [3.63, 3.8) is 0 Å². The molecule has 15 nitrogen and oxygen atoms in total. The van der Waals surface area contributed by atoms with Gasteiger partial charge in [0.25, 0.3) is 0 Å². The van der Waals surface area contributed by atoms with Gasteiger partial charge in [-0.2, -0.15) is 15.1 Å². The zero-order valence-electron chi connectivity index (χ0n) is 40.9. The average molecular weight is 994 g/mol. The molecule has 2 saturated carbocycles. The number of phenolic OH excluding ortho intramolecular Hbond substituents is 1. The van der Waals surface area contributed by atoms with Gasteiger partial charge in [-0.15, -0.1) is 6.42 Å². The number of anilines is 2. The van der Waals surface area contributed by atoms with Gasteiger partial charge in [-0.1, -0.05) is 12.0 Å². The summed E-state index contributed by atoms with van der Waals surface area (Å²) in [5.41, 5.74) is 1.84. The van der Waals surface area contributed by atoms with Gasteiger partial charge in [0.1, 0.15) is 34.4 Å². The van der Waals surface area contributed by atoms with Crippen LogP contribution in [0.4, 0.5) is 29.6 Å². The van der Waals surface area contributed by atoms with E-state index in [4.69, 9.17) is 21.1 Å². The maximum Gasteiger partial charge on any atom is 0.329 e. The lowest BCUT2D eigenvalue weighted by Crippen LogP contribution is -2.56. The normalized spacial score (nSPS) is 23.4. The smallest absolute Gasteiger partial charge is 0.329 e. The van der Waals surface area contributed by atoms with Gasteiger partial charge in [0.2, 0.25) is 5.91 Å². The monoisotopic (exact) mass is 993 g/mol. The number of carbonyl (C=O) groups is 2. The van der Waals surface area contributed by atoms with E-state index in [-0.39, 0.29) is 75.5 Å². The summed E-state index contributed by atoms with van der Waals surface area (Å²) in [6.45, 7) is 6.88. The third kappa shape index (κ3) is 8.18. The van der Waals surface area contributed by atoms with Crippen LogP contribution in [0.2, 0.25) is 0 Å². The number of halogens is 3. The minimum Gasteiger partial charge on any atom is -0.508 e. The number of hydrogen-bond acceptors (Lipinski definition) is 12. The average Bonchev–Trinajstić information content (AvgIpc) is 3.96. The number of carbonyl (C=O) groups excluding carboxylic acids is 2. The van der Waals surface area contributed by atoms with Gasteiger partial charge >= 0.3 is 12.0 Å². The highest BCUT2D eigenvalue weighted by atomic mass is 19.1. The predicted octanol–water partition coefficient (Wildman–Crippen LogP) is 7.51. The fourth-order valence-electron chi connectivity index (χ4n) is 13.4. The molecular formula is C55H58F3N11O4. The number of urea groups is 1. The van der Waals surface area contributed by atoms with Crippen LogP contribution in [0.3, 0.4) is 0 Å². The molecule has 6 aromatic rings. The zero-order chi connectivity index (χ0) is 49.9. The first-order valence-corrected chi connectivity index (χ1v) is 26.0. The van der Waals surface area contributed by atoms with E-state index in [1.165, 1.54) is 48.1 Å². The molecular weight excluding hydrogens is 936 g/mol. The largest absolute Gasteiger partial charge is 0.508 e. The molecule has 5 aliphatic heterocycles. The van der Waals surface area contributed by atoms with E-state index in [1.807, 2.05) is 6.07 Å². The number of pyridine rings is 1. The summed E-state index contributed by atoms with van der Waals surface area (Å²) in [7, 11) is 1.80. The topological polar surface area (TPSA) is 157 Å². The summed E-state index contributed by atoms with van der Waals surface area (Å²) in [6, 6.07) is 9.69. The molecule has 3 aromatic carbocycles. The molecule has 3 aromatic heterocycles. The number of piperazine rings is 1. The number of amides is 3. The molecule has 5 saturated heterocycles. The minimum absolute atomic E-state index is 0.0393. The Kier molecular flexibility index (Phi) is 11.1. The van der Waals surface area contributed by atoms with E-state index in [0.29, 0.717) is 76.6 Å². The van der Waals surface area contributed by atoms with Crippen molar-refractivity contribution in [3.05, 3.63) is 71.2 Å². The Morgan fingerprint density at radius 1 is 0.890 bits per heavy atom. The molecule has 7 fully saturated rings. The van der Waals surface area contributed by atoms with Crippen LogP contribution in [0.1, 0.15) is 87.7 Å². The quantitative estimate of drug-likeness (QED) is 0.116. The van der Waals surface area contributed by atoms with Gasteiger partial charge in [-0.05, 0) is 143 Å².